The summed E-state index contributed by atoms with van der Waals surface area (Å²) < 4.78 is 67.0. The summed E-state index contributed by atoms with van der Waals surface area (Å²) in [6, 6.07) is 0. The summed E-state index contributed by atoms with van der Waals surface area (Å²) in [5, 5.41) is 0. The lowest BCUT2D eigenvalue weighted by molar-refractivity contribution is -0.108. The van der Waals surface area contributed by atoms with E-state index in [-0.39, 0.29) is 23.7 Å². The Kier molecular flexibility index (Phi) is 6.93. The maximum absolute atomic E-state index is 13.9. The average Bonchev–Trinajstić information content (AvgIpc) is 3.19. The third kappa shape index (κ3) is 5.76. The van der Waals surface area contributed by atoms with Gasteiger partial charge in [0, 0.05) is 5.92 Å². The minimum Gasteiger partial charge on any atom is -0.382 e. The molecule has 2 aromatic heterocycles. The van der Waals surface area contributed by atoms with E-state index in [1.807, 2.05) is 0 Å². The number of imidazole rings is 1. The summed E-state index contributed by atoms with van der Waals surface area (Å²) in [6.45, 7) is -0.408. The lowest BCUT2D eigenvalue weighted by Crippen LogP contribution is -2.36. The van der Waals surface area contributed by atoms with Crippen LogP contribution < -0.4 is 5.73 Å². The molecule has 1 fully saturated rings. The Balaban J connectivity index is 1.74. The van der Waals surface area contributed by atoms with E-state index in [1.165, 1.54) is 17.2 Å². The van der Waals surface area contributed by atoms with Crippen LogP contribution in [-0.2, 0) is 31.6 Å². The number of halogens is 1. The van der Waals surface area contributed by atoms with Gasteiger partial charge in [-0.3, -0.25) is 9.09 Å². The highest BCUT2D eigenvalue weighted by Gasteiger charge is 2.49. The van der Waals surface area contributed by atoms with Gasteiger partial charge in [0.05, 0.1) is 12.9 Å². The van der Waals surface area contributed by atoms with Gasteiger partial charge in [0.15, 0.2) is 11.5 Å². The molecule has 2 aromatic rings. The van der Waals surface area contributed by atoms with Crippen LogP contribution in [0.3, 0.4) is 0 Å². The van der Waals surface area contributed by atoms with Crippen molar-refractivity contribution in [2.24, 2.45) is 5.92 Å². The third-order valence-corrected chi connectivity index (χ3v) is 8.15. The van der Waals surface area contributed by atoms with Crippen LogP contribution in [0, 0.1) is 5.92 Å². The lowest BCUT2D eigenvalue weighted by Gasteiger charge is -2.27. The molecule has 6 N–H and O–H groups in total. The molecule has 20 heteroatoms. The van der Waals surface area contributed by atoms with Gasteiger partial charge in [-0.15, -0.1) is 0 Å². The molecule has 0 aromatic carbocycles. The highest BCUT2D eigenvalue weighted by molar-refractivity contribution is 7.66. The second-order valence-electron chi connectivity index (χ2n) is 6.95. The van der Waals surface area contributed by atoms with Gasteiger partial charge in [-0.2, -0.15) is 8.62 Å². The van der Waals surface area contributed by atoms with Crippen molar-refractivity contribution in [1.82, 2.24) is 19.5 Å². The molecule has 180 valence electrons. The van der Waals surface area contributed by atoms with Crippen LogP contribution in [0.4, 0.5) is 10.2 Å². The van der Waals surface area contributed by atoms with E-state index < -0.39 is 48.6 Å². The quantitative estimate of drug-likeness (QED) is 0.289. The first-order valence-electron chi connectivity index (χ1n) is 8.61. The zero-order chi connectivity index (χ0) is 23.9. The van der Waals surface area contributed by atoms with Gasteiger partial charge in [-0.1, -0.05) is 6.92 Å². The molecule has 0 bridgehead atoms. The molecule has 0 radical (unpaired) electrons. The van der Waals surface area contributed by atoms with E-state index in [9.17, 15) is 27.9 Å². The monoisotopic (exact) mass is 521 g/mol. The number of phosphoric ester groups is 1. The van der Waals surface area contributed by atoms with Gasteiger partial charge in [0.2, 0.25) is 0 Å². The summed E-state index contributed by atoms with van der Waals surface area (Å²) in [5.74, 6) is -0.271. The SMILES string of the molecule is C[C@H]1C[C@@](CF)(COP(=O)(O)OP(=O)(O)OP(=O)(O)O)O[C@H]1n1cnc2c(N)ncnc21. The average molecular weight is 521 g/mol. The molecule has 32 heavy (non-hydrogen) atoms. The van der Waals surface area contributed by atoms with Crippen LogP contribution in [0.25, 0.3) is 11.2 Å². The normalized spacial score (nSPS) is 27.9. The Hall–Kier alpha value is -1.35. The van der Waals surface area contributed by atoms with Crippen molar-refractivity contribution in [1.29, 1.82) is 0 Å². The molecule has 0 amide bonds. The number of nitrogen functional groups attached to an aromatic ring is 1. The molecule has 5 atom stereocenters. The molecule has 1 aliphatic rings. The third-order valence-electron chi connectivity index (χ3n) is 4.36. The van der Waals surface area contributed by atoms with Crippen molar-refractivity contribution in [3.63, 3.8) is 0 Å². The fourth-order valence-corrected chi connectivity index (χ4v) is 6.31. The number of nitrogens with zero attached hydrogens (tertiary/aromatic N) is 4. The van der Waals surface area contributed by atoms with Crippen molar-refractivity contribution in [2.75, 3.05) is 19.0 Å². The van der Waals surface area contributed by atoms with Crippen LogP contribution in [-0.4, -0.2) is 58.0 Å². The lowest BCUT2D eigenvalue weighted by atomic mass is 9.96. The highest BCUT2D eigenvalue weighted by Crippen LogP contribution is 2.66. The standard InChI is InChI=1S/C12H19FN5O11P3/c1-7-2-12(3-13,4-26-31(22,23)29-32(24,25)28-30(19,20)21)27-11(7)18-6-17-8-9(14)15-5-16-10(8)18/h5-7,11H,2-4H2,1H3,(H,22,23)(H,24,25)(H2,14,15,16)(H2,19,20,21)/t7-,11+,12+/m0/s1. The fourth-order valence-electron chi connectivity index (χ4n) is 3.22. The minimum absolute atomic E-state index is 0.0236. The van der Waals surface area contributed by atoms with Crippen LogP contribution in [0.5, 0.6) is 0 Å². The van der Waals surface area contributed by atoms with E-state index >= 15 is 0 Å². The van der Waals surface area contributed by atoms with E-state index in [1.54, 1.807) is 6.92 Å². The molecule has 3 heterocycles. The molecule has 3 rings (SSSR count). The number of ether oxygens (including phenoxy) is 1. The predicted molar refractivity (Wildman–Crippen MR) is 102 cm³/mol. The number of anilines is 1. The Bertz CT molecular complexity index is 1140. The maximum Gasteiger partial charge on any atom is 0.490 e. The van der Waals surface area contributed by atoms with Crippen molar-refractivity contribution in [3.05, 3.63) is 12.7 Å². The predicted octanol–water partition coefficient (Wildman–Crippen LogP) is 1.02. The van der Waals surface area contributed by atoms with Gasteiger partial charge in [0.1, 0.15) is 30.3 Å². The summed E-state index contributed by atoms with van der Waals surface area (Å²) in [5.41, 5.74) is 4.56. The summed E-state index contributed by atoms with van der Waals surface area (Å²) >= 11 is 0. The first kappa shape index (κ1) is 25.3. The van der Waals surface area contributed by atoms with Gasteiger partial charge in [0.25, 0.3) is 0 Å². The molecule has 0 spiro atoms. The van der Waals surface area contributed by atoms with Gasteiger partial charge < -0.3 is 30.0 Å². The van der Waals surface area contributed by atoms with Crippen molar-refractivity contribution < 1.29 is 55.5 Å². The number of fused-ring (bicyclic) bond motifs is 1. The van der Waals surface area contributed by atoms with Crippen molar-refractivity contribution in [3.8, 4) is 0 Å². The number of rotatable bonds is 9. The Morgan fingerprint density at radius 2 is 1.91 bits per heavy atom. The van der Waals surface area contributed by atoms with Crippen LogP contribution in [0.15, 0.2) is 12.7 Å². The zero-order valence-electron chi connectivity index (χ0n) is 16.2. The highest BCUT2D eigenvalue weighted by atomic mass is 31.3. The molecule has 1 aliphatic heterocycles. The molecule has 0 aliphatic carbocycles. The molecule has 1 saturated heterocycles. The second kappa shape index (κ2) is 8.78. The fraction of sp³-hybridized carbons (Fsp3) is 0.583. The number of nitrogens with two attached hydrogens (primary N) is 1. The summed E-state index contributed by atoms with van der Waals surface area (Å²) in [6.07, 6.45) is 1.69. The number of alkyl halides is 1. The smallest absolute Gasteiger partial charge is 0.382 e. The van der Waals surface area contributed by atoms with E-state index in [0.29, 0.717) is 5.65 Å². The molecular formula is C12H19FN5O11P3. The Labute approximate surface area is 179 Å². The topological polar surface area (TPSA) is 239 Å². The molecular weight excluding hydrogens is 502 g/mol. The number of hydrogen-bond donors (Lipinski definition) is 5. The van der Waals surface area contributed by atoms with E-state index in [4.69, 9.17) is 20.3 Å². The van der Waals surface area contributed by atoms with Crippen LogP contribution in [0.2, 0.25) is 0 Å². The van der Waals surface area contributed by atoms with Crippen LogP contribution >= 0.6 is 23.5 Å². The number of hydrogen-bond acceptors (Lipinski definition) is 11. The number of aromatic nitrogens is 4. The maximum atomic E-state index is 13.9. The molecule has 16 nitrogen and oxygen atoms in total. The molecule has 0 saturated carbocycles. The van der Waals surface area contributed by atoms with Gasteiger partial charge in [-0.25, -0.2) is 33.0 Å². The summed E-state index contributed by atoms with van der Waals surface area (Å²) in [4.78, 5) is 47.9. The van der Waals surface area contributed by atoms with E-state index in [2.05, 4.69) is 28.1 Å². The first-order valence-corrected chi connectivity index (χ1v) is 13.1. The van der Waals surface area contributed by atoms with Gasteiger partial charge in [-0.05, 0) is 6.42 Å². The minimum atomic E-state index is -5.70. The van der Waals surface area contributed by atoms with Crippen molar-refractivity contribution >= 4 is 40.4 Å². The largest absolute Gasteiger partial charge is 0.490 e. The first-order chi connectivity index (χ1) is 14.7. The van der Waals surface area contributed by atoms with E-state index in [0.717, 1.165) is 0 Å². The van der Waals surface area contributed by atoms with Gasteiger partial charge >= 0.3 is 23.5 Å². The summed E-state index contributed by atoms with van der Waals surface area (Å²) in [7, 11) is -16.7. The Morgan fingerprint density at radius 3 is 2.53 bits per heavy atom. The number of phosphoric acid groups is 3. The van der Waals surface area contributed by atoms with Crippen LogP contribution in [0.1, 0.15) is 19.6 Å². The zero-order valence-corrected chi connectivity index (χ0v) is 18.8. The second-order valence-corrected chi connectivity index (χ2v) is 11.4. The Morgan fingerprint density at radius 1 is 1.22 bits per heavy atom. The molecule has 2 unspecified atom stereocenters. The van der Waals surface area contributed by atoms with Crippen molar-refractivity contribution in [2.45, 2.75) is 25.2 Å².